The average molecular weight is 268 g/mol. The normalized spacial score (nSPS) is 9.60. The van der Waals surface area contributed by atoms with E-state index in [-0.39, 0.29) is 11.5 Å². The molecule has 1 heterocycles. The van der Waals surface area contributed by atoms with Crippen molar-refractivity contribution in [3.8, 4) is 11.8 Å². The van der Waals surface area contributed by atoms with Gasteiger partial charge in [0.2, 0.25) is 0 Å². The quantitative estimate of drug-likeness (QED) is 0.883. The molecule has 3 N–H and O–H groups in total. The number of benzene rings is 1. The Labute approximate surface area is 115 Å². The number of carbonyl (C=O) groups excluding carboxylic acids is 1. The Bertz CT molecular complexity index is 692. The lowest BCUT2D eigenvalue weighted by molar-refractivity contribution is 0.102. The lowest BCUT2D eigenvalue weighted by atomic mass is 10.2. The second kappa shape index (κ2) is 5.71. The summed E-state index contributed by atoms with van der Waals surface area (Å²) in [6, 6.07) is 11.5. The maximum Gasteiger partial charge on any atom is 0.274 e. The number of nitriles is 1. The number of hydrogen-bond acceptors (Lipinski definition) is 5. The van der Waals surface area contributed by atoms with Crippen molar-refractivity contribution in [2.24, 2.45) is 0 Å². The van der Waals surface area contributed by atoms with Gasteiger partial charge in [0.15, 0.2) is 0 Å². The Kier molecular flexibility index (Phi) is 3.82. The van der Waals surface area contributed by atoms with Crippen LogP contribution in [0.2, 0.25) is 0 Å². The van der Waals surface area contributed by atoms with E-state index in [4.69, 9.17) is 15.7 Å². The highest BCUT2D eigenvalue weighted by molar-refractivity contribution is 6.03. The van der Waals surface area contributed by atoms with E-state index in [0.717, 1.165) is 0 Å². The number of carbonyl (C=O) groups is 1. The summed E-state index contributed by atoms with van der Waals surface area (Å²) < 4.78 is 5.14. The number of hydrogen-bond donors (Lipinski definition) is 2. The summed E-state index contributed by atoms with van der Waals surface area (Å²) >= 11 is 0. The highest BCUT2D eigenvalue weighted by Crippen LogP contribution is 2.25. The van der Waals surface area contributed by atoms with Gasteiger partial charge in [0.05, 0.1) is 24.4 Å². The Hall–Kier alpha value is -3.07. The minimum absolute atomic E-state index is 0.205. The van der Waals surface area contributed by atoms with E-state index in [1.54, 1.807) is 36.4 Å². The zero-order chi connectivity index (χ0) is 14.5. The number of anilines is 2. The predicted octanol–water partition coefficient (Wildman–Crippen LogP) is 1.80. The molecule has 2 rings (SSSR count). The first-order valence-corrected chi connectivity index (χ1v) is 5.76. The number of nitrogen functional groups attached to an aromatic ring is 1. The smallest absolute Gasteiger partial charge is 0.274 e. The van der Waals surface area contributed by atoms with Gasteiger partial charge in [0.25, 0.3) is 5.91 Å². The van der Waals surface area contributed by atoms with Crippen molar-refractivity contribution in [3.05, 3.63) is 47.7 Å². The van der Waals surface area contributed by atoms with E-state index in [9.17, 15) is 4.79 Å². The fraction of sp³-hybridized carbons (Fsp3) is 0.0714. The van der Waals surface area contributed by atoms with Gasteiger partial charge in [-0.1, -0.05) is 6.07 Å². The van der Waals surface area contributed by atoms with Gasteiger partial charge in [0, 0.05) is 6.07 Å². The van der Waals surface area contributed by atoms with Crippen LogP contribution in [-0.2, 0) is 0 Å². The Morgan fingerprint density at radius 1 is 1.40 bits per heavy atom. The summed E-state index contributed by atoms with van der Waals surface area (Å²) in [6.07, 6.45) is 0. The van der Waals surface area contributed by atoms with Crippen LogP contribution in [0.3, 0.4) is 0 Å². The third-order valence-corrected chi connectivity index (χ3v) is 2.58. The zero-order valence-electron chi connectivity index (χ0n) is 10.8. The van der Waals surface area contributed by atoms with Gasteiger partial charge in [-0.2, -0.15) is 5.26 Å². The van der Waals surface area contributed by atoms with Crippen LogP contribution < -0.4 is 15.8 Å². The van der Waals surface area contributed by atoms with Gasteiger partial charge in [-0.3, -0.25) is 4.79 Å². The van der Waals surface area contributed by atoms with Crippen molar-refractivity contribution >= 4 is 17.4 Å². The number of amides is 1. The number of rotatable bonds is 3. The first-order valence-electron chi connectivity index (χ1n) is 5.76. The SMILES string of the molecule is COc1cc(C#N)ccc1NC(=O)c1cccc(N)n1. The molecular weight excluding hydrogens is 256 g/mol. The summed E-state index contributed by atoms with van der Waals surface area (Å²) in [6.45, 7) is 0. The summed E-state index contributed by atoms with van der Waals surface area (Å²) in [7, 11) is 1.46. The molecule has 0 unspecified atom stereocenters. The molecule has 0 aliphatic carbocycles. The maximum atomic E-state index is 12.0. The second-order valence-electron chi connectivity index (χ2n) is 3.93. The zero-order valence-corrected chi connectivity index (χ0v) is 10.8. The number of methoxy groups -OCH3 is 1. The van der Waals surface area contributed by atoms with Gasteiger partial charge in [-0.15, -0.1) is 0 Å². The highest BCUT2D eigenvalue weighted by Gasteiger charge is 2.11. The van der Waals surface area contributed by atoms with Crippen LogP contribution in [0.15, 0.2) is 36.4 Å². The molecular formula is C14H12N4O2. The van der Waals surface area contributed by atoms with Crippen LogP contribution in [-0.4, -0.2) is 18.0 Å². The molecule has 0 saturated heterocycles. The largest absolute Gasteiger partial charge is 0.495 e. The van der Waals surface area contributed by atoms with Crippen molar-refractivity contribution in [1.82, 2.24) is 4.98 Å². The molecule has 0 atom stereocenters. The number of aromatic nitrogens is 1. The van der Waals surface area contributed by atoms with E-state index in [1.165, 1.54) is 7.11 Å². The molecule has 2 aromatic rings. The summed E-state index contributed by atoms with van der Waals surface area (Å²) in [4.78, 5) is 16.0. The second-order valence-corrected chi connectivity index (χ2v) is 3.93. The third kappa shape index (κ3) is 2.84. The number of nitrogens with zero attached hydrogens (tertiary/aromatic N) is 2. The molecule has 6 nitrogen and oxygen atoms in total. The van der Waals surface area contributed by atoms with Crippen LogP contribution >= 0.6 is 0 Å². The molecule has 0 spiro atoms. The van der Waals surface area contributed by atoms with Crippen LogP contribution in [0.5, 0.6) is 5.75 Å². The van der Waals surface area contributed by atoms with Crippen LogP contribution in [0.1, 0.15) is 16.1 Å². The molecule has 1 amide bonds. The van der Waals surface area contributed by atoms with E-state index in [2.05, 4.69) is 10.3 Å². The molecule has 0 saturated carbocycles. The molecule has 0 bridgehead atoms. The molecule has 100 valence electrons. The van der Waals surface area contributed by atoms with E-state index < -0.39 is 5.91 Å². The summed E-state index contributed by atoms with van der Waals surface area (Å²) in [5.74, 6) is 0.269. The number of ether oxygens (including phenoxy) is 1. The Balaban J connectivity index is 2.26. The standard InChI is InChI=1S/C14H12N4O2/c1-20-12-7-9(8-15)5-6-10(12)18-14(19)11-3-2-4-13(16)17-11/h2-7H,1H3,(H2,16,17)(H,18,19). The Morgan fingerprint density at radius 2 is 2.20 bits per heavy atom. The van der Waals surface area contributed by atoms with Gasteiger partial charge < -0.3 is 15.8 Å². The van der Waals surface area contributed by atoms with Crippen molar-refractivity contribution < 1.29 is 9.53 Å². The van der Waals surface area contributed by atoms with Gasteiger partial charge in [-0.25, -0.2) is 4.98 Å². The van der Waals surface area contributed by atoms with Gasteiger partial charge in [-0.05, 0) is 24.3 Å². The van der Waals surface area contributed by atoms with Crippen LogP contribution in [0.25, 0.3) is 0 Å². The maximum absolute atomic E-state index is 12.0. The number of nitrogens with two attached hydrogens (primary N) is 1. The summed E-state index contributed by atoms with van der Waals surface area (Å²) in [5.41, 5.74) is 6.64. The van der Waals surface area contributed by atoms with Crippen molar-refractivity contribution in [2.75, 3.05) is 18.2 Å². The van der Waals surface area contributed by atoms with Gasteiger partial charge >= 0.3 is 0 Å². The molecule has 0 aliphatic heterocycles. The fourth-order valence-electron chi connectivity index (χ4n) is 1.63. The predicted molar refractivity (Wildman–Crippen MR) is 74.3 cm³/mol. The molecule has 20 heavy (non-hydrogen) atoms. The molecule has 0 radical (unpaired) electrons. The van der Waals surface area contributed by atoms with Crippen molar-refractivity contribution in [1.29, 1.82) is 5.26 Å². The molecule has 0 aliphatic rings. The van der Waals surface area contributed by atoms with Crippen LogP contribution in [0, 0.1) is 11.3 Å². The van der Waals surface area contributed by atoms with Gasteiger partial charge in [0.1, 0.15) is 17.3 Å². The summed E-state index contributed by atoms with van der Waals surface area (Å²) in [5, 5.41) is 11.5. The monoisotopic (exact) mass is 268 g/mol. The van der Waals surface area contributed by atoms with Crippen molar-refractivity contribution in [3.63, 3.8) is 0 Å². The molecule has 6 heteroatoms. The number of nitrogens with one attached hydrogen (secondary N) is 1. The third-order valence-electron chi connectivity index (χ3n) is 2.58. The fourth-order valence-corrected chi connectivity index (χ4v) is 1.63. The first kappa shape index (κ1) is 13.4. The van der Waals surface area contributed by atoms with E-state index >= 15 is 0 Å². The van der Waals surface area contributed by atoms with E-state index in [0.29, 0.717) is 17.0 Å². The minimum Gasteiger partial charge on any atom is -0.495 e. The van der Waals surface area contributed by atoms with Crippen LogP contribution in [0.4, 0.5) is 11.5 Å². The molecule has 0 fully saturated rings. The number of pyridine rings is 1. The lowest BCUT2D eigenvalue weighted by Crippen LogP contribution is -2.14. The molecule has 1 aromatic carbocycles. The Morgan fingerprint density at radius 3 is 2.85 bits per heavy atom. The average Bonchev–Trinajstić information content (AvgIpc) is 2.47. The minimum atomic E-state index is -0.402. The molecule has 1 aromatic heterocycles. The van der Waals surface area contributed by atoms with Crippen molar-refractivity contribution in [2.45, 2.75) is 0 Å². The first-order chi connectivity index (χ1) is 9.63. The lowest BCUT2D eigenvalue weighted by Gasteiger charge is -2.10. The highest BCUT2D eigenvalue weighted by atomic mass is 16.5. The topological polar surface area (TPSA) is 101 Å². The van der Waals surface area contributed by atoms with E-state index in [1.807, 2.05) is 6.07 Å².